The van der Waals surface area contributed by atoms with Gasteiger partial charge in [0.25, 0.3) is 0 Å². The van der Waals surface area contributed by atoms with E-state index < -0.39 is 0 Å². The molecule has 1 unspecified atom stereocenters. The van der Waals surface area contributed by atoms with Crippen LogP contribution in [-0.2, 0) is 4.74 Å². The van der Waals surface area contributed by atoms with Gasteiger partial charge < -0.3 is 4.74 Å². The summed E-state index contributed by atoms with van der Waals surface area (Å²) in [6, 6.07) is 0. The second-order valence-electron chi connectivity index (χ2n) is 2.28. The number of hydrogen-bond donors (Lipinski definition) is 0. The number of hydrogen-bond acceptors (Lipinski definition) is 1. The standard InChI is InChI=1S/C7H13BrO/c1-4-5-7(2,6-8)9-3/h4H,1,5-6H2,2-3H3. The van der Waals surface area contributed by atoms with Crippen molar-refractivity contribution >= 4 is 15.9 Å². The molecule has 0 heterocycles. The first-order valence-electron chi connectivity index (χ1n) is 2.90. The average molecular weight is 193 g/mol. The number of methoxy groups -OCH3 is 1. The highest BCUT2D eigenvalue weighted by molar-refractivity contribution is 9.09. The molecule has 0 fully saturated rings. The van der Waals surface area contributed by atoms with Crippen LogP contribution in [0.3, 0.4) is 0 Å². The molecular weight excluding hydrogens is 180 g/mol. The van der Waals surface area contributed by atoms with Crippen molar-refractivity contribution < 1.29 is 4.74 Å². The summed E-state index contributed by atoms with van der Waals surface area (Å²) >= 11 is 3.36. The molecule has 0 radical (unpaired) electrons. The molecule has 0 bridgehead atoms. The van der Waals surface area contributed by atoms with Crippen LogP contribution in [0.25, 0.3) is 0 Å². The van der Waals surface area contributed by atoms with Crippen molar-refractivity contribution in [2.24, 2.45) is 0 Å². The van der Waals surface area contributed by atoms with E-state index in [9.17, 15) is 0 Å². The van der Waals surface area contributed by atoms with Crippen LogP contribution in [0.15, 0.2) is 12.7 Å². The van der Waals surface area contributed by atoms with Crippen molar-refractivity contribution in [2.75, 3.05) is 12.4 Å². The Balaban J connectivity index is 3.75. The minimum absolute atomic E-state index is 0.0677. The SMILES string of the molecule is C=CCC(C)(CBr)OC. The van der Waals surface area contributed by atoms with Gasteiger partial charge in [-0.2, -0.15) is 0 Å². The van der Waals surface area contributed by atoms with E-state index in [0.29, 0.717) is 0 Å². The summed E-state index contributed by atoms with van der Waals surface area (Å²) in [5, 5.41) is 0.850. The van der Waals surface area contributed by atoms with E-state index in [2.05, 4.69) is 22.5 Å². The molecule has 0 aromatic rings. The molecule has 0 N–H and O–H groups in total. The lowest BCUT2D eigenvalue weighted by Gasteiger charge is -2.23. The Morgan fingerprint density at radius 1 is 1.78 bits per heavy atom. The highest BCUT2D eigenvalue weighted by atomic mass is 79.9. The predicted molar refractivity (Wildman–Crippen MR) is 44.0 cm³/mol. The number of rotatable bonds is 4. The molecule has 0 amide bonds. The third-order valence-corrected chi connectivity index (χ3v) is 2.54. The molecule has 1 atom stereocenters. The molecule has 0 aromatic heterocycles. The largest absolute Gasteiger partial charge is 0.377 e. The average Bonchev–Trinajstić information content (AvgIpc) is 1.89. The fourth-order valence-corrected chi connectivity index (χ4v) is 0.956. The van der Waals surface area contributed by atoms with Gasteiger partial charge >= 0.3 is 0 Å². The van der Waals surface area contributed by atoms with Crippen LogP contribution in [0.4, 0.5) is 0 Å². The minimum atomic E-state index is -0.0677. The van der Waals surface area contributed by atoms with Crippen LogP contribution in [0.5, 0.6) is 0 Å². The van der Waals surface area contributed by atoms with Crippen LogP contribution in [0.1, 0.15) is 13.3 Å². The summed E-state index contributed by atoms with van der Waals surface area (Å²) in [5.41, 5.74) is -0.0677. The molecule has 0 aromatic carbocycles. The van der Waals surface area contributed by atoms with Gasteiger partial charge in [-0.3, -0.25) is 0 Å². The Morgan fingerprint density at radius 3 is 2.44 bits per heavy atom. The highest BCUT2D eigenvalue weighted by Crippen LogP contribution is 2.16. The van der Waals surface area contributed by atoms with Gasteiger partial charge in [0.15, 0.2) is 0 Å². The molecule has 0 rings (SSSR count). The van der Waals surface area contributed by atoms with E-state index in [-0.39, 0.29) is 5.60 Å². The van der Waals surface area contributed by atoms with Crippen molar-refractivity contribution in [1.29, 1.82) is 0 Å². The van der Waals surface area contributed by atoms with Crippen LogP contribution in [-0.4, -0.2) is 18.0 Å². The molecule has 0 saturated carbocycles. The Bertz CT molecular complexity index is 86.9. The first kappa shape index (κ1) is 9.18. The molecule has 0 aliphatic rings. The maximum absolute atomic E-state index is 5.21. The molecular formula is C7H13BrO. The molecule has 9 heavy (non-hydrogen) atoms. The summed E-state index contributed by atoms with van der Waals surface area (Å²) in [6.45, 7) is 5.69. The Morgan fingerprint density at radius 2 is 2.33 bits per heavy atom. The molecule has 0 aliphatic heterocycles. The molecule has 0 aliphatic carbocycles. The molecule has 2 heteroatoms. The highest BCUT2D eigenvalue weighted by Gasteiger charge is 2.18. The smallest absolute Gasteiger partial charge is 0.0781 e. The van der Waals surface area contributed by atoms with E-state index >= 15 is 0 Å². The lowest BCUT2D eigenvalue weighted by atomic mass is 10.1. The molecule has 1 nitrogen and oxygen atoms in total. The van der Waals surface area contributed by atoms with Crippen LogP contribution < -0.4 is 0 Å². The Kier molecular flexibility index (Phi) is 4.15. The van der Waals surface area contributed by atoms with Gasteiger partial charge in [-0.15, -0.1) is 6.58 Å². The molecule has 0 spiro atoms. The lowest BCUT2D eigenvalue weighted by Crippen LogP contribution is -2.27. The Labute approximate surface area is 65.2 Å². The minimum Gasteiger partial charge on any atom is -0.377 e. The van der Waals surface area contributed by atoms with Crippen molar-refractivity contribution in [2.45, 2.75) is 18.9 Å². The second-order valence-corrected chi connectivity index (χ2v) is 2.84. The van der Waals surface area contributed by atoms with Gasteiger partial charge in [0.2, 0.25) is 0 Å². The van der Waals surface area contributed by atoms with Crippen molar-refractivity contribution in [3.8, 4) is 0 Å². The maximum Gasteiger partial charge on any atom is 0.0781 e. The number of alkyl halides is 1. The monoisotopic (exact) mass is 192 g/mol. The van der Waals surface area contributed by atoms with Gasteiger partial charge in [0.05, 0.1) is 5.60 Å². The van der Waals surface area contributed by atoms with E-state index in [1.807, 2.05) is 13.0 Å². The first-order chi connectivity index (χ1) is 4.18. The van der Waals surface area contributed by atoms with Gasteiger partial charge in [-0.25, -0.2) is 0 Å². The summed E-state index contributed by atoms with van der Waals surface area (Å²) in [7, 11) is 1.71. The zero-order valence-corrected chi connectivity index (χ0v) is 7.57. The zero-order valence-electron chi connectivity index (χ0n) is 5.98. The van der Waals surface area contributed by atoms with Crippen LogP contribution in [0.2, 0.25) is 0 Å². The van der Waals surface area contributed by atoms with Crippen molar-refractivity contribution in [3.63, 3.8) is 0 Å². The van der Waals surface area contributed by atoms with E-state index in [1.54, 1.807) is 7.11 Å². The molecule has 0 saturated heterocycles. The first-order valence-corrected chi connectivity index (χ1v) is 4.02. The van der Waals surface area contributed by atoms with Crippen LogP contribution >= 0.6 is 15.9 Å². The van der Waals surface area contributed by atoms with E-state index in [4.69, 9.17) is 4.74 Å². The maximum atomic E-state index is 5.21. The number of ether oxygens (including phenoxy) is 1. The molecule has 54 valence electrons. The van der Waals surface area contributed by atoms with Crippen LogP contribution in [0, 0.1) is 0 Å². The second kappa shape index (κ2) is 4.07. The van der Waals surface area contributed by atoms with E-state index in [0.717, 1.165) is 11.8 Å². The summed E-state index contributed by atoms with van der Waals surface area (Å²) < 4.78 is 5.21. The van der Waals surface area contributed by atoms with Gasteiger partial charge in [0.1, 0.15) is 0 Å². The van der Waals surface area contributed by atoms with Crippen molar-refractivity contribution in [3.05, 3.63) is 12.7 Å². The van der Waals surface area contributed by atoms with Gasteiger partial charge in [-0.05, 0) is 13.3 Å². The fraction of sp³-hybridized carbons (Fsp3) is 0.714. The predicted octanol–water partition coefficient (Wildman–Crippen LogP) is 2.36. The Hall–Kier alpha value is 0.180. The summed E-state index contributed by atoms with van der Waals surface area (Å²) in [4.78, 5) is 0. The summed E-state index contributed by atoms with van der Waals surface area (Å²) in [5.74, 6) is 0. The third-order valence-electron chi connectivity index (χ3n) is 1.35. The fourth-order valence-electron chi connectivity index (χ4n) is 0.498. The quantitative estimate of drug-likeness (QED) is 0.492. The third kappa shape index (κ3) is 3.01. The normalized spacial score (nSPS) is 16.8. The summed E-state index contributed by atoms with van der Waals surface area (Å²) in [6.07, 6.45) is 2.75. The van der Waals surface area contributed by atoms with Crippen molar-refractivity contribution in [1.82, 2.24) is 0 Å². The topological polar surface area (TPSA) is 9.23 Å². The zero-order chi connectivity index (χ0) is 7.33. The van der Waals surface area contributed by atoms with E-state index in [1.165, 1.54) is 0 Å². The number of halogens is 1. The van der Waals surface area contributed by atoms with Gasteiger partial charge in [0, 0.05) is 12.4 Å². The van der Waals surface area contributed by atoms with Gasteiger partial charge in [-0.1, -0.05) is 22.0 Å². The lowest BCUT2D eigenvalue weighted by molar-refractivity contribution is 0.0309.